The lowest BCUT2D eigenvalue weighted by atomic mass is 9.91. The smallest absolute Gasteiger partial charge is 0.262 e. The number of ether oxygens (including phenoxy) is 1. The van der Waals surface area contributed by atoms with Gasteiger partial charge in [-0.2, -0.15) is 4.31 Å². The number of carbonyl (C=O) groups excluding carboxylic acids is 1. The summed E-state index contributed by atoms with van der Waals surface area (Å²) in [5.41, 5.74) is 3.07. The van der Waals surface area contributed by atoms with Crippen LogP contribution in [0.25, 0.3) is 0 Å². The van der Waals surface area contributed by atoms with Gasteiger partial charge in [0.2, 0.25) is 10.0 Å². The molecule has 30 heavy (non-hydrogen) atoms. The Kier molecular flexibility index (Phi) is 6.39. The molecule has 2 aromatic carbocycles. The van der Waals surface area contributed by atoms with Gasteiger partial charge < -0.3 is 10.1 Å². The molecule has 0 aromatic heterocycles. The molecule has 0 bridgehead atoms. The molecule has 6 nitrogen and oxygen atoms in total. The molecular weight excluding hydrogens is 400 g/mol. The van der Waals surface area contributed by atoms with E-state index in [0.717, 1.165) is 44.3 Å². The zero-order chi connectivity index (χ0) is 21.0. The van der Waals surface area contributed by atoms with Crippen molar-refractivity contribution in [2.75, 3.05) is 25.0 Å². The third-order valence-corrected chi connectivity index (χ3v) is 7.72. The Bertz CT molecular complexity index is 996. The highest BCUT2D eigenvalue weighted by Gasteiger charge is 2.25. The summed E-state index contributed by atoms with van der Waals surface area (Å²) in [5.74, 6) is 0.514. The van der Waals surface area contributed by atoms with Gasteiger partial charge in [-0.25, -0.2) is 8.42 Å². The SMILES string of the molecule is O=C(COc1cccc2c1CCCC2)Nc1ccc(S(=O)(=O)N2CCCCC2)cc1. The molecule has 1 N–H and O–H groups in total. The molecule has 2 aromatic rings. The molecule has 1 amide bonds. The van der Waals surface area contributed by atoms with Crippen LogP contribution in [0.5, 0.6) is 5.75 Å². The Morgan fingerprint density at radius 3 is 2.43 bits per heavy atom. The monoisotopic (exact) mass is 428 g/mol. The van der Waals surface area contributed by atoms with Gasteiger partial charge >= 0.3 is 0 Å². The standard InChI is InChI=1S/C23H28N2O4S/c26-23(17-29-22-10-6-8-18-7-2-3-9-21(18)22)24-19-11-13-20(14-12-19)30(27,28)25-15-4-1-5-16-25/h6,8,10-14H,1-5,7,9,15-17H2,(H,24,26). The molecule has 0 atom stereocenters. The molecule has 1 heterocycles. The lowest BCUT2D eigenvalue weighted by molar-refractivity contribution is -0.118. The van der Waals surface area contributed by atoms with E-state index in [4.69, 9.17) is 4.74 Å². The molecule has 0 spiro atoms. The summed E-state index contributed by atoms with van der Waals surface area (Å²) in [6.07, 6.45) is 7.26. The molecule has 160 valence electrons. The number of nitrogens with zero attached hydrogens (tertiary/aromatic N) is 1. The van der Waals surface area contributed by atoms with Crippen molar-refractivity contribution in [1.29, 1.82) is 0 Å². The van der Waals surface area contributed by atoms with Crippen LogP contribution < -0.4 is 10.1 Å². The number of piperidine rings is 1. The molecule has 1 aliphatic carbocycles. The summed E-state index contributed by atoms with van der Waals surface area (Å²) in [5, 5.41) is 2.78. The quantitative estimate of drug-likeness (QED) is 0.760. The molecule has 1 fully saturated rings. The highest BCUT2D eigenvalue weighted by Crippen LogP contribution is 2.29. The number of nitrogens with one attached hydrogen (secondary N) is 1. The topological polar surface area (TPSA) is 75.7 Å². The number of hydrogen-bond donors (Lipinski definition) is 1. The van der Waals surface area contributed by atoms with E-state index in [1.54, 1.807) is 28.6 Å². The molecule has 0 saturated carbocycles. The first-order valence-electron chi connectivity index (χ1n) is 10.7. The number of amides is 1. The maximum atomic E-state index is 12.7. The van der Waals surface area contributed by atoms with Crippen LogP contribution in [0.15, 0.2) is 47.4 Å². The Morgan fingerprint density at radius 2 is 1.67 bits per heavy atom. The van der Waals surface area contributed by atoms with E-state index in [9.17, 15) is 13.2 Å². The van der Waals surface area contributed by atoms with E-state index >= 15 is 0 Å². The van der Waals surface area contributed by atoms with Gasteiger partial charge in [0.05, 0.1) is 4.90 Å². The van der Waals surface area contributed by atoms with Crippen LogP contribution in [0, 0.1) is 0 Å². The predicted molar refractivity (Wildman–Crippen MR) is 116 cm³/mol. The van der Waals surface area contributed by atoms with Crippen LogP contribution in [0.3, 0.4) is 0 Å². The van der Waals surface area contributed by atoms with Crippen LogP contribution in [0.2, 0.25) is 0 Å². The number of carbonyl (C=O) groups is 1. The normalized spacial score (nSPS) is 17.2. The minimum Gasteiger partial charge on any atom is -0.483 e. The molecule has 0 unspecified atom stereocenters. The van der Waals surface area contributed by atoms with E-state index < -0.39 is 10.0 Å². The molecule has 1 saturated heterocycles. The van der Waals surface area contributed by atoms with Crippen molar-refractivity contribution in [3.63, 3.8) is 0 Å². The van der Waals surface area contributed by atoms with Gasteiger partial charge in [0.25, 0.3) is 5.91 Å². The Labute approximate surface area is 178 Å². The third-order valence-electron chi connectivity index (χ3n) is 5.80. The van der Waals surface area contributed by atoms with Crippen LogP contribution in [0.1, 0.15) is 43.2 Å². The minimum absolute atomic E-state index is 0.0791. The van der Waals surface area contributed by atoms with Crippen molar-refractivity contribution in [2.45, 2.75) is 49.8 Å². The van der Waals surface area contributed by atoms with E-state index in [1.807, 2.05) is 12.1 Å². The average molecular weight is 429 g/mol. The van der Waals surface area contributed by atoms with Crippen molar-refractivity contribution < 1.29 is 17.9 Å². The van der Waals surface area contributed by atoms with Gasteiger partial charge in [0.1, 0.15) is 5.75 Å². The minimum atomic E-state index is -3.47. The molecule has 2 aliphatic rings. The molecule has 0 radical (unpaired) electrons. The maximum Gasteiger partial charge on any atom is 0.262 e. The summed E-state index contributed by atoms with van der Waals surface area (Å²) in [6, 6.07) is 12.4. The van der Waals surface area contributed by atoms with Crippen LogP contribution in [-0.2, 0) is 27.7 Å². The first-order chi connectivity index (χ1) is 14.5. The van der Waals surface area contributed by atoms with Crippen LogP contribution >= 0.6 is 0 Å². The van der Waals surface area contributed by atoms with Crippen molar-refractivity contribution >= 4 is 21.6 Å². The second-order valence-corrected chi connectivity index (χ2v) is 9.86. The summed E-state index contributed by atoms with van der Waals surface area (Å²) < 4.78 is 32.8. The maximum absolute atomic E-state index is 12.7. The molecule has 7 heteroatoms. The number of hydrogen-bond acceptors (Lipinski definition) is 4. The number of aryl methyl sites for hydroxylation is 1. The fourth-order valence-electron chi connectivity index (χ4n) is 4.19. The fourth-order valence-corrected chi connectivity index (χ4v) is 5.70. The number of sulfonamides is 1. The lowest BCUT2D eigenvalue weighted by Gasteiger charge is -2.25. The van der Waals surface area contributed by atoms with Crippen LogP contribution in [-0.4, -0.2) is 38.3 Å². The van der Waals surface area contributed by atoms with Crippen molar-refractivity contribution in [3.05, 3.63) is 53.6 Å². The number of anilines is 1. The number of rotatable bonds is 6. The average Bonchev–Trinajstić information content (AvgIpc) is 2.78. The van der Waals surface area contributed by atoms with E-state index in [1.165, 1.54) is 17.5 Å². The third kappa shape index (κ3) is 4.68. The first kappa shape index (κ1) is 20.9. The van der Waals surface area contributed by atoms with Gasteiger partial charge in [-0.1, -0.05) is 18.6 Å². The first-order valence-corrected chi connectivity index (χ1v) is 12.1. The highest BCUT2D eigenvalue weighted by molar-refractivity contribution is 7.89. The van der Waals surface area contributed by atoms with Gasteiger partial charge in [-0.05, 0) is 80.0 Å². The van der Waals surface area contributed by atoms with Crippen molar-refractivity contribution in [1.82, 2.24) is 4.31 Å². The summed E-state index contributed by atoms with van der Waals surface area (Å²) in [6.45, 7) is 1.06. The number of fused-ring (bicyclic) bond motifs is 1. The van der Waals surface area contributed by atoms with Gasteiger partial charge in [-0.3, -0.25) is 4.79 Å². The Morgan fingerprint density at radius 1 is 0.933 bits per heavy atom. The van der Waals surface area contributed by atoms with E-state index in [2.05, 4.69) is 11.4 Å². The molecule has 1 aliphatic heterocycles. The predicted octanol–water partition coefficient (Wildman–Crippen LogP) is 3.76. The van der Waals surface area contributed by atoms with Gasteiger partial charge in [0, 0.05) is 18.8 Å². The Hall–Kier alpha value is -2.38. The number of benzene rings is 2. The summed E-state index contributed by atoms with van der Waals surface area (Å²) in [7, 11) is -3.47. The van der Waals surface area contributed by atoms with Crippen molar-refractivity contribution in [3.8, 4) is 5.75 Å². The lowest BCUT2D eigenvalue weighted by Crippen LogP contribution is -2.35. The summed E-state index contributed by atoms with van der Waals surface area (Å²) >= 11 is 0. The van der Waals surface area contributed by atoms with Crippen molar-refractivity contribution in [2.24, 2.45) is 0 Å². The molecule has 4 rings (SSSR count). The largest absolute Gasteiger partial charge is 0.483 e. The molecular formula is C23H28N2O4S. The zero-order valence-electron chi connectivity index (χ0n) is 17.1. The highest BCUT2D eigenvalue weighted by atomic mass is 32.2. The second-order valence-electron chi connectivity index (χ2n) is 7.93. The van der Waals surface area contributed by atoms with E-state index in [-0.39, 0.29) is 17.4 Å². The zero-order valence-corrected chi connectivity index (χ0v) is 17.9. The van der Waals surface area contributed by atoms with Crippen LogP contribution in [0.4, 0.5) is 5.69 Å². The van der Waals surface area contributed by atoms with Gasteiger partial charge in [-0.15, -0.1) is 0 Å². The second kappa shape index (κ2) is 9.18. The Balaban J connectivity index is 1.35. The van der Waals surface area contributed by atoms with E-state index in [0.29, 0.717) is 18.8 Å². The van der Waals surface area contributed by atoms with Gasteiger partial charge in [0.15, 0.2) is 6.61 Å². The fraction of sp³-hybridized carbons (Fsp3) is 0.435. The summed E-state index contributed by atoms with van der Waals surface area (Å²) in [4.78, 5) is 12.6.